The largest absolute Gasteiger partial charge is 0.504 e. The summed E-state index contributed by atoms with van der Waals surface area (Å²) in [5.74, 6) is -5.11. The van der Waals surface area contributed by atoms with Gasteiger partial charge < -0.3 is 24.8 Å². The molecule has 0 atom stereocenters. The van der Waals surface area contributed by atoms with Crippen LogP contribution in [0.4, 0.5) is 24.7 Å². The number of halogens is 4. The molecule has 6 rings (SSSR count). The number of amides is 1. The number of piperazine rings is 1. The molecule has 2 N–H and O–H groups in total. The van der Waals surface area contributed by atoms with E-state index in [2.05, 4.69) is 20.2 Å². The Balaban J connectivity index is 1.42. The molecule has 15 heteroatoms. The van der Waals surface area contributed by atoms with E-state index < -0.39 is 52.5 Å². The average Bonchev–Trinajstić information content (AvgIpc) is 3.19. The number of likely N-dealkylation sites (N-methyl/N-ethyl adjacent to an activating group) is 1. The number of phenolic OH excluding ortho intramolecular Hbond substituents is 1. The molecule has 2 aliphatic rings. The van der Waals surface area contributed by atoms with Crippen LogP contribution in [-0.2, 0) is 24.3 Å². The van der Waals surface area contributed by atoms with Crippen molar-refractivity contribution in [2.45, 2.75) is 38.8 Å². The van der Waals surface area contributed by atoms with Gasteiger partial charge in [0.25, 0.3) is 5.56 Å². The van der Waals surface area contributed by atoms with E-state index in [1.54, 1.807) is 0 Å². The maximum Gasteiger partial charge on any atom is 0.263 e. The van der Waals surface area contributed by atoms with Crippen LogP contribution in [0.15, 0.2) is 23.1 Å². The van der Waals surface area contributed by atoms with E-state index >= 15 is 4.39 Å². The molecule has 0 aliphatic carbocycles. The van der Waals surface area contributed by atoms with E-state index in [0.29, 0.717) is 37.7 Å². The van der Waals surface area contributed by atoms with E-state index in [0.717, 1.165) is 38.4 Å². The van der Waals surface area contributed by atoms with Gasteiger partial charge in [-0.3, -0.25) is 19.0 Å². The van der Waals surface area contributed by atoms with Crippen molar-refractivity contribution in [1.82, 2.24) is 24.0 Å². The van der Waals surface area contributed by atoms with Crippen molar-refractivity contribution < 1.29 is 27.9 Å². The molecule has 45 heavy (non-hydrogen) atoms. The number of phenols is 1. The van der Waals surface area contributed by atoms with Crippen LogP contribution < -0.4 is 15.8 Å². The Morgan fingerprint density at radius 2 is 1.80 bits per heavy atom. The second kappa shape index (κ2) is 12.2. The summed E-state index contributed by atoms with van der Waals surface area (Å²) in [4.78, 5) is 51.3. The van der Waals surface area contributed by atoms with Crippen LogP contribution in [0.3, 0.4) is 0 Å². The van der Waals surface area contributed by atoms with Crippen molar-refractivity contribution in [2.75, 3.05) is 43.4 Å². The number of aromatic hydroxyl groups is 1. The number of aryl methyl sites for hydroxylation is 1. The number of rotatable bonds is 6. The second-order valence-electron chi connectivity index (χ2n) is 11.2. The number of carbonyl (C=O) groups is 2. The highest BCUT2D eigenvalue weighted by Crippen LogP contribution is 2.36. The Hall–Kier alpha value is -4.43. The van der Waals surface area contributed by atoms with Crippen LogP contribution >= 0.6 is 11.6 Å². The zero-order valence-electron chi connectivity index (χ0n) is 24.2. The van der Waals surface area contributed by atoms with Crippen LogP contribution in [0.2, 0.25) is 5.02 Å². The summed E-state index contributed by atoms with van der Waals surface area (Å²) < 4.78 is 47.5. The third kappa shape index (κ3) is 5.63. The summed E-state index contributed by atoms with van der Waals surface area (Å²) in [5.41, 5.74) is -1.56. The van der Waals surface area contributed by atoms with Crippen LogP contribution in [0, 0.1) is 17.6 Å². The molecule has 1 aromatic carbocycles. The van der Waals surface area contributed by atoms with Crippen molar-refractivity contribution in [3.05, 3.63) is 62.7 Å². The Morgan fingerprint density at radius 3 is 2.53 bits per heavy atom. The number of aromatic nitrogens is 4. The molecule has 4 aromatic rings. The molecule has 0 saturated carbocycles. The molecule has 0 radical (unpaired) electrons. The quantitative estimate of drug-likeness (QED) is 0.239. The summed E-state index contributed by atoms with van der Waals surface area (Å²) in [7, 11) is 1.98. The van der Waals surface area contributed by atoms with E-state index in [9.17, 15) is 28.3 Å². The van der Waals surface area contributed by atoms with E-state index in [1.165, 1.54) is 21.4 Å². The van der Waals surface area contributed by atoms with Gasteiger partial charge in [0.1, 0.15) is 28.9 Å². The molecular weight excluding hydrogens is 615 g/mol. The number of benzene rings is 1. The summed E-state index contributed by atoms with van der Waals surface area (Å²) >= 11 is 6.17. The number of hydrogen-bond acceptors (Lipinski definition) is 8. The molecule has 1 amide bonds. The molecule has 2 aliphatic heterocycles. The predicted octanol–water partition coefficient (Wildman–Crippen LogP) is 3.97. The van der Waals surface area contributed by atoms with Crippen LogP contribution in [0.1, 0.15) is 35.4 Å². The van der Waals surface area contributed by atoms with Gasteiger partial charge in [-0.1, -0.05) is 18.0 Å². The number of fused-ring (bicyclic) bond motifs is 2. The lowest BCUT2D eigenvalue weighted by Crippen LogP contribution is -2.44. The van der Waals surface area contributed by atoms with Gasteiger partial charge in [-0.25, -0.2) is 14.4 Å². The van der Waals surface area contributed by atoms with Gasteiger partial charge in [0, 0.05) is 62.5 Å². The fourth-order valence-corrected chi connectivity index (χ4v) is 5.97. The van der Waals surface area contributed by atoms with Gasteiger partial charge in [0.05, 0.1) is 16.6 Å². The highest BCUT2D eigenvalue weighted by atomic mass is 35.5. The summed E-state index contributed by atoms with van der Waals surface area (Å²) in [6.45, 7) is 2.60. The number of anilines is 2. The molecular formula is C30H29ClF3N7O4. The summed E-state index contributed by atoms with van der Waals surface area (Å²) in [6, 6.07) is 2.42. The van der Waals surface area contributed by atoms with Gasteiger partial charge in [-0.05, 0) is 26.0 Å². The third-order valence-electron chi connectivity index (χ3n) is 8.28. The van der Waals surface area contributed by atoms with E-state index in [4.69, 9.17) is 11.6 Å². The lowest BCUT2D eigenvalue weighted by atomic mass is 10.0. The highest BCUT2D eigenvalue weighted by Gasteiger charge is 2.27. The van der Waals surface area contributed by atoms with Crippen molar-refractivity contribution in [1.29, 1.82) is 0 Å². The molecule has 3 aromatic heterocycles. The predicted molar refractivity (Wildman–Crippen MR) is 161 cm³/mol. The summed E-state index contributed by atoms with van der Waals surface area (Å²) in [6.07, 6.45) is 4.30. The van der Waals surface area contributed by atoms with Crippen molar-refractivity contribution in [3.8, 4) is 16.9 Å². The minimum Gasteiger partial charge on any atom is -0.504 e. The Morgan fingerprint density at radius 1 is 1.04 bits per heavy atom. The zero-order valence-corrected chi connectivity index (χ0v) is 25.0. The first kappa shape index (κ1) is 30.6. The SMILES string of the molecule is CN1CCN(c2cc(NC(=O)Cn3cc(-c4cc(C=O)c(O)c(F)c4F)c4c(=O)n5c(nc43)CCCCC5)c(Cl)c(F)n2)CC1. The van der Waals surface area contributed by atoms with Crippen LogP contribution in [0.25, 0.3) is 22.2 Å². The first-order chi connectivity index (χ1) is 21.6. The number of carbonyl (C=O) groups excluding carboxylic acids is 2. The van der Waals surface area contributed by atoms with E-state index in [1.807, 2.05) is 11.9 Å². The second-order valence-corrected chi connectivity index (χ2v) is 11.6. The summed E-state index contributed by atoms with van der Waals surface area (Å²) in [5, 5.41) is 12.0. The topological polar surface area (TPSA) is 126 Å². The number of nitrogens with zero attached hydrogens (tertiary/aromatic N) is 6. The van der Waals surface area contributed by atoms with Gasteiger partial charge in [-0.15, -0.1) is 0 Å². The maximum atomic E-state index is 15.3. The molecule has 5 heterocycles. The maximum absolute atomic E-state index is 15.3. The van der Waals surface area contributed by atoms with E-state index in [-0.39, 0.29) is 33.6 Å². The fourth-order valence-electron chi connectivity index (χ4n) is 5.83. The molecule has 0 bridgehead atoms. The Bertz CT molecular complexity index is 1900. The van der Waals surface area contributed by atoms with Crippen molar-refractivity contribution >= 4 is 46.3 Å². The van der Waals surface area contributed by atoms with Gasteiger partial charge >= 0.3 is 0 Å². The number of aldehydes is 1. The van der Waals surface area contributed by atoms with Gasteiger partial charge in [-0.2, -0.15) is 8.78 Å². The molecule has 1 saturated heterocycles. The van der Waals surface area contributed by atoms with Crippen LogP contribution in [-0.4, -0.2) is 74.5 Å². The number of nitrogens with one attached hydrogen (secondary N) is 1. The van der Waals surface area contributed by atoms with Gasteiger partial charge in [0.2, 0.25) is 17.7 Å². The Labute approximate surface area is 259 Å². The standard InChI is InChI=1S/C30H29ClF3N7O4/c1-38-7-9-39(10-8-38)21-12-19(24(31)28(34)36-21)35-22(43)14-40-13-18(17-11-16(15-42)27(44)26(33)25(17)32)23-29(40)37-20-5-3-2-4-6-41(20)30(23)45/h11-13,15,44H,2-10,14H2,1H3,(H,35,36,43). The number of pyridine rings is 1. The highest BCUT2D eigenvalue weighted by molar-refractivity contribution is 6.33. The first-order valence-corrected chi connectivity index (χ1v) is 14.8. The lowest BCUT2D eigenvalue weighted by molar-refractivity contribution is -0.116. The fraction of sp³-hybridized carbons (Fsp3) is 0.367. The zero-order chi connectivity index (χ0) is 32.0. The first-order valence-electron chi connectivity index (χ1n) is 14.5. The molecule has 0 unspecified atom stereocenters. The van der Waals surface area contributed by atoms with Crippen LogP contribution in [0.5, 0.6) is 5.75 Å². The minimum atomic E-state index is -1.65. The average molecular weight is 644 g/mol. The lowest BCUT2D eigenvalue weighted by Gasteiger charge is -2.33. The van der Waals surface area contributed by atoms with Crippen molar-refractivity contribution in [3.63, 3.8) is 0 Å². The Kier molecular flexibility index (Phi) is 8.27. The molecule has 11 nitrogen and oxygen atoms in total. The minimum absolute atomic E-state index is 0.0102. The third-order valence-corrected chi connectivity index (χ3v) is 8.64. The van der Waals surface area contributed by atoms with Crippen molar-refractivity contribution in [2.24, 2.45) is 0 Å². The molecule has 0 spiro atoms. The normalized spacial score (nSPS) is 15.6. The van der Waals surface area contributed by atoms with Gasteiger partial charge in [0.15, 0.2) is 17.9 Å². The number of hydrogen-bond donors (Lipinski definition) is 2. The molecule has 236 valence electrons. The monoisotopic (exact) mass is 643 g/mol. The smallest absolute Gasteiger partial charge is 0.263 e. The molecule has 1 fully saturated rings.